The van der Waals surface area contributed by atoms with Gasteiger partial charge in [0, 0.05) is 24.1 Å². The van der Waals surface area contributed by atoms with E-state index in [2.05, 4.69) is 15.6 Å². The minimum absolute atomic E-state index is 0.117. The third-order valence-corrected chi connectivity index (χ3v) is 4.39. The third kappa shape index (κ3) is 5.65. The van der Waals surface area contributed by atoms with E-state index in [1.54, 1.807) is 0 Å². The molecule has 23 heavy (non-hydrogen) atoms. The molecule has 6 heteroatoms. The summed E-state index contributed by atoms with van der Waals surface area (Å²) in [6.45, 7) is 5.07. The van der Waals surface area contributed by atoms with Crippen LogP contribution in [-0.4, -0.2) is 29.3 Å². The molecule has 1 aromatic carbocycles. The predicted octanol–water partition coefficient (Wildman–Crippen LogP) is 3.02. The molecular formula is C17H23N3O2S. The molecule has 0 aliphatic heterocycles. The van der Waals surface area contributed by atoms with Crippen LogP contribution in [0.5, 0.6) is 0 Å². The summed E-state index contributed by atoms with van der Waals surface area (Å²) in [4.78, 5) is 16.4. The van der Waals surface area contributed by atoms with Gasteiger partial charge in [-0.15, -0.1) is 11.3 Å². The largest absolute Gasteiger partial charge is 0.396 e. The summed E-state index contributed by atoms with van der Waals surface area (Å²) in [5.74, 6) is 0. The second kappa shape index (κ2) is 8.08. The molecule has 3 N–H and O–H groups in total. The Morgan fingerprint density at radius 2 is 2.00 bits per heavy atom. The van der Waals surface area contributed by atoms with Crippen molar-refractivity contribution in [3.05, 3.63) is 40.7 Å². The molecule has 2 amide bonds. The highest BCUT2D eigenvalue weighted by Crippen LogP contribution is 2.21. The zero-order chi connectivity index (χ0) is 16.7. The average molecular weight is 333 g/mol. The molecule has 0 bridgehead atoms. The fourth-order valence-electron chi connectivity index (χ4n) is 2.06. The molecule has 0 saturated carbocycles. The van der Waals surface area contributed by atoms with Gasteiger partial charge in [-0.25, -0.2) is 9.78 Å². The number of rotatable bonds is 7. The van der Waals surface area contributed by atoms with Crippen molar-refractivity contribution in [2.75, 3.05) is 13.2 Å². The molecule has 0 atom stereocenters. The summed E-state index contributed by atoms with van der Waals surface area (Å²) in [6, 6.07) is 9.75. The Kier molecular flexibility index (Phi) is 6.12. The molecule has 1 heterocycles. The number of hydrogen-bond donors (Lipinski definition) is 3. The first-order chi connectivity index (χ1) is 11.0. The van der Waals surface area contributed by atoms with Crippen LogP contribution in [0.15, 0.2) is 35.7 Å². The Balaban J connectivity index is 1.80. The number of carbonyl (C=O) groups excluding carboxylic acids is 1. The molecule has 5 nitrogen and oxygen atoms in total. The van der Waals surface area contributed by atoms with E-state index in [9.17, 15) is 4.79 Å². The molecule has 0 aliphatic rings. The number of aliphatic hydroxyl groups is 1. The SMILES string of the molecule is CC(C)(CCO)CNC(=O)NCc1nc(-c2ccccc2)cs1. The third-order valence-electron chi connectivity index (χ3n) is 3.54. The molecule has 0 saturated heterocycles. The molecule has 0 fully saturated rings. The van der Waals surface area contributed by atoms with Crippen molar-refractivity contribution >= 4 is 17.4 Å². The van der Waals surface area contributed by atoms with Crippen LogP contribution >= 0.6 is 11.3 Å². The van der Waals surface area contributed by atoms with Gasteiger partial charge >= 0.3 is 6.03 Å². The van der Waals surface area contributed by atoms with Crippen molar-refractivity contribution in [3.8, 4) is 11.3 Å². The normalized spacial score (nSPS) is 11.3. The summed E-state index contributed by atoms with van der Waals surface area (Å²) in [6.07, 6.45) is 0.653. The molecule has 1 aromatic heterocycles. The minimum atomic E-state index is -0.215. The Labute approximate surface area is 140 Å². The Morgan fingerprint density at radius 1 is 1.26 bits per heavy atom. The predicted molar refractivity (Wildman–Crippen MR) is 93.3 cm³/mol. The number of amides is 2. The van der Waals surface area contributed by atoms with E-state index in [0.717, 1.165) is 16.3 Å². The lowest BCUT2D eigenvalue weighted by Gasteiger charge is -2.23. The quantitative estimate of drug-likeness (QED) is 0.729. The summed E-state index contributed by atoms with van der Waals surface area (Å²) in [5.41, 5.74) is 1.88. The van der Waals surface area contributed by atoms with Crippen LogP contribution in [0.3, 0.4) is 0 Å². The Morgan fingerprint density at radius 3 is 2.70 bits per heavy atom. The number of nitrogens with one attached hydrogen (secondary N) is 2. The number of aromatic nitrogens is 1. The first kappa shape index (κ1) is 17.4. The summed E-state index contributed by atoms with van der Waals surface area (Å²) in [7, 11) is 0. The van der Waals surface area contributed by atoms with Crippen LogP contribution in [0, 0.1) is 5.41 Å². The van der Waals surface area contributed by atoms with Crippen LogP contribution in [0.2, 0.25) is 0 Å². The highest BCUT2D eigenvalue weighted by atomic mass is 32.1. The molecule has 2 aromatic rings. The highest BCUT2D eigenvalue weighted by molar-refractivity contribution is 7.09. The van der Waals surface area contributed by atoms with Gasteiger partial charge in [-0.05, 0) is 11.8 Å². The summed E-state index contributed by atoms with van der Waals surface area (Å²) < 4.78 is 0. The topological polar surface area (TPSA) is 74.2 Å². The van der Waals surface area contributed by atoms with Gasteiger partial charge in [0.05, 0.1) is 12.2 Å². The van der Waals surface area contributed by atoms with Crippen LogP contribution in [0.1, 0.15) is 25.3 Å². The Hall–Kier alpha value is -1.92. The van der Waals surface area contributed by atoms with Crippen molar-refractivity contribution in [2.45, 2.75) is 26.8 Å². The van der Waals surface area contributed by atoms with Crippen LogP contribution < -0.4 is 10.6 Å². The van der Waals surface area contributed by atoms with Crippen molar-refractivity contribution in [2.24, 2.45) is 5.41 Å². The lowest BCUT2D eigenvalue weighted by molar-refractivity contribution is 0.201. The maximum atomic E-state index is 11.8. The zero-order valence-corrected chi connectivity index (χ0v) is 14.3. The molecule has 124 valence electrons. The highest BCUT2D eigenvalue weighted by Gasteiger charge is 2.18. The summed E-state index contributed by atoms with van der Waals surface area (Å²) in [5, 5.41) is 17.5. The number of hydrogen-bond acceptors (Lipinski definition) is 4. The second-order valence-electron chi connectivity index (χ2n) is 6.17. The van der Waals surface area contributed by atoms with Crippen LogP contribution in [0.25, 0.3) is 11.3 Å². The molecule has 2 rings (SSSR count). The maximum Gasteiger partial charge on any atom is 0.315 e. The number of carbonyl (C=O) groups is 1. The van der Waals surface area contributed by atoms with Gasteiger partial charge in [0.1, 0.15) is 5.01 Å². The van der Waals surface area contributed by atoms with Crippen molar-refractivity contribution < 1.29 is 9.90 Å². The van der Waals surface area contributed by atoms with Gasteiger partial charge in [0.25, 0.3) is 0 Å². The molecule has 0 spiro atoms. The molecular weight excluding hydrogens is 310 g/mol. The van der Waals surface area contributed by atoms with Gasteiger partial charge in [0.2, 0.25) is 0 Å². The van der Waals surface area contributed by atoms with E-state index in [-0.39, 0.29) is 18.1 Å². The first-order valence-corrected chi connectivity index (χ1v) is 8.50. The van der Waals surface area contributed by atoms with Gasteiger partial charge in [-0.2, -0.15) is 0 Å². The van der Waals surface area contributed by atoms with Crippen molar-refractivity contribution in [1.82, 2.24) is 15.6 Å². The fraction of sp³-hybridized carbons (Fsp3) is 0.412. The molecule has 0 unspecified atom stereocenters. The van der Waals surface area contributed by atoms with Crippen molar-refractivity contribution in [3.63, 3.8) is 0 Å². The van der Waals surface area contributed by atoms with Crippen LogP contribution in [-0.2, 0) is 6.54 Å². The van der Waals surface area contributed by atoms with E-state index >= 15 is 0 Å². The number of benzene rings is 1. The van der Waals surface area contributed by atoms with Gasteiger partial charge in [-0.1, -0.05) is 44.2 Å². The van der Waals surface area contributed by atoms with Gasteiger partial charge < -0.3 is 15.7 Å². The van der Waals surface area contributed by atoms with Gasteiger partial charge in [0.15, 0.2) is 0 Å². The van der Waals surface area contributed by atoms with E-state index in [1.807, 2.05) is 49.6 Å². The van der Waals surface area contributed by atoms with Crippen molar-refractivity contribution in [1.29, 1.82) is 0 Å². The van der Waals surface area contributed by atoms with E-state index in [0.29, 0.717) is 19.5 Å². The second-order valence-corrected chi connectivity index (χ2v) is 7.11. The van der Waals surface area contributed by atoms with Gasteiger partial charge in [-0.3, -0.25) is 0 Å². The summed E-state index contributed by atoms with van der Waals surface area (Å²) >= 11 is 1.53. The minimum Gasteiger partial charge on any atom is -0.396 e. The number of aliphatic hydroxyl groups excluding tert-OH is 1. The van der Waals surface area contributed by atoms with Crippen LogP contribution in [0.4, 0.5) is 4.79 Å². The zero-order valence-electron chi connectivity index (χ0n) is 13.5. The maximum absolute atomic E-state index is 11.8. The number of urea groups is 1. The first-order valence-electron chi connectivity index (χ1n) is 7.62. The average Bonchev–Trinajstić information content (AvgIpc) is 3.01. The number of nitrogens with zero attached hydrogens (tertiary/aromatic N) is 1. The molecule has 0 radical (unpaired) electrons. The molecule has 0 aliphatic carbocycles. The number of thiazole rings is 1. The Bertz CT molecular complexity index is 626. The van der Waals surface area contributed by atoms with E-state index in [4.69, 9.17) is 5.11 Å². The standard InChI is InChI=1S/C17H23N3O2S/c1-17(2,8-9-21)12-19-16(22)18-10-15-20-14(11-23-15)13-6-4-3-5-7-13/h3-7,11,21H,8-10,12H2,1-2H3,(H2,18,19,22). The van der Waals surface area contributed by atoms with E-state index in [1.165, 1.54) is 11.3 Å². The monoisotopic (exact) mass is 333 g/mol. The lowest BCUT2D eigenvalue weighted by Crippen LogP contribution is -2.40. The fourth-order valence-corrected chi connectivity index (χ4v) is 2.81. The van der Waals surface area contributed by atoms with E-state index < -0.39 is 0 Å². The lowest BCUT2D eigenvalue weighted by atomic mass is 9.90. The smallest absolute Gasteiger partial charge is 0.315 e.